The average Bonchev–Trinajstić information content (AvgIpc) is 2.41. The van der Waals surface area contributed by atoms with Gasteiger partial charge in [0.1, 0.15) is 5.75 Å². The number of hydrogen-bond donors (Lipinski definition) is 1. The monoisotopic (exact) mass is 263 g/mol. The van der Waals surface area contributed by atoms with Crippen LogP contribution in [0.5, 0.6) is 5.75 Å². The van der Waals surface area contributed by atoms with Crippen LogP contribution in [0.15, 0.2) is 42.5 Å². The van der Waals surface area contributed by atoms with Crippen molar-refractivity contribution < 1.29 is 18.7 Å². The number of anilines is 1. The first kappa shape index (κ1) is 13.0. The van der Waals surface area contributed by atoms with Gasteiger partial charge >= 0.3 is 0 Å². The fraction of sp³-hybridized carbons (Fsp3) is 0.0714. The van der Waals surface area contributed by atoms with E-state index in [9.17, 15) is 13.6 Å². The second-order valence-corrected chi connectivity index (χ2v) is 4.01. The molecule has 0 heterocycles. The number of aromatic hydroxyl groups is 1. The van der Waals surface area contributed by atoms with E-state index >= 15 is 0 Å². The minimum absolute atomic E-state index is 0.0504. The third kappa shape index (κ3) is 2.70. The van der Waals surface area contributed by atoms with Crippen LogP contribution in [0.25, 0.3) is 0 Å². The normalized spacial score (nSPS) is 10.3. The van der Waals surface area contributed by atoms with Gasteiger partial charge < -0.3 is 10.0 Å². The highest BCUT2D eigenvalue weighted by molar-refractivity contribution is 6.05. The van der Waals surface area contributed by atoms with Crippen LogP contribution in [0.3, 0.4) is 0 Å². The van der Waals surface area contributed by atoms with Crippen molar-refractivity contribution >= 4 is 11.6 Å². The number of nitrogens with zero attached hydrogens (tertiary/aromatic N) is 1. The summed E-state index contributed by atoms with van der Waals surface area (Å²) in [6.07, 6.45) is 0. The van der Waals surface area contributed by atoms with E-state index < -0.39 is 17.5 Å². The maximum atomic E-state index is 13.1. The highest BCUT2D eigenvalue weighted by atomic mass is 19.2. The van der Waals surface area contributed by atoms with Crippen molar-refractivity contribution in [2.75, 3.05) is 11.9 Å². The lowest BCUT2D eigenvalue weighted by Crippen LogP contribution is -2.26. The predicted molar refractivity (Wildman–Crippen MR) is 67.2 cm³/mol. The second kappa shape index (κ2) is 5.06. The molecule has 1 amide bonds. The SMILES string of the molecule is CN(C(=O)c1ccc(F)c(F)c1)c1ccc(O)cc1. The molecule has 2 aromatic rings. The molecule has 5 heteroatoms. The Hall–Kier alpha value is -2.43. The van der Waals surface area contributed by atoms with Gasteiger partial charge in [-0.2, -0.15) is 0 Å². The highest BCUT2D eigenvalue weighted by Crippen LogP contribution is 2.19. The van der Waals surface area contributed by atoms with Gasteiger partial charge in [0.15, 0.2) is 11.6 Å². The smallest absolute Gasteiger partial charge is 0.258 e. The molecule has 0 spiro atoms. The van der Waals surface area contributed by atoms with Gasteiger partial charge in [-0.25, -0.2) is 8.78 Å². The molecule has 3 nitrogen and oxygen atoms in total. The van der Waals surface area contributed by atoms with Gasteiger partial charge in [0.2, 0.25) is 0 Å². The molecule has 0 atom stereocenters. The van der Waals surface area contributed by atoms with Gasteiger partial charge in [0.05, 0.1) is 0 Å². The summed E-state index contributed by atoms with van der Waals surface area (Å²) in [7, 11) is 1.51. The maximum Gasteiger partial charge on any atom is 0.258 e. The molecule has 0 saturated heterocycles. The first-order valence-corrected chi connectivity index (χ1v) is 5.51. The van der Waals surface area contributed by atoms with Gasteiger partial charge in [-0.05, 0) is 42.5 Å². The summed E-state index contributed by atoms with van der Waals surface area (Å²) in [5.41, 5.74) is 0.585. The molecule has 0 aliphatic rings. The van der Waals surface area contributed by atoms with E-state index in [4.69, 9.17) is 5.11 Å². The van der Waals surface area contributed by atoms with Crippen molar-refractivity contribution in [2.24, 2.45) is 0 Å². The molecule has 0 radical (unpaired) electrons. The average molecular weight is 263 g/mol. The maximum absolute atomic E-state index is 13.1. The molecular weight excluding hydrogens is 252 g/mol. The highest BCUT2D eigenvalue weighted by Gasteiger charge is 2.15. The van der Waals surface area contributed by atoms with Crippen LogP contribution >= 0.6 is 0 Å². The second-order valence-electron chi connectivity index (χ2n) is 4.01. The number of carbonyl (C=O) groups is 1. The summed E-state index contributed by atoms with van der Waals surface area (Å²) < 4.78 is 25.9. The Morgan fingerprint density at radius 1 is 1.05 bits per heavy atom. The molecule has 98 valence electrons. The van der Waals surface area contributed by atoms with E-state index in [1.165, 1.54) is 30.1 Å². The van der Waals surface area contributed by atoms with Gasteiger partial charge in [0, 0.05) is 18.3 Å². The Labute approximate surface area is 108 Å². The summed E-state index contributed by atoms with van der Waals surface area (Å²) >= 11 is 0. The summed E-state index contributed by atoms with van der Waals surface area (Å²) in [6, 6.07) is 8.95. The van der Waals surface area contributed by atoms with E-state index in [-0.39, 0.29) is 11.3 Å². The molecule has 0 aliphatic carbocycles. The van der Waals surface area contributed by atoms with E-state index in [2.05, 4.69) is 0 Å². The predicted octanol–water partition coefficient (Wildman–Crippen LogP) is 2.95. The first-order chi connectivity index (χ1) is 8.99. The number of benzene rings is 2. The number of amides is 1. The Bertz CT molecular complexity index is 611. The van der Waals surface area contributed by atoms with Gasteiger partial charge in [-0.3, -0.25) is 4.79 Å². The number of rotatable bonds is 2. The molecule has 2 aromatic carbocycles. The Kier molecular flexibility index (Phi) is 3.46. The Morgan fingerprint density at radius 2 is 1.68 bits per heavy atom. The van der Waals surface area contributed by atoms with Crippen LogP contribution in [0.1, 0.15) is 10.4 Å². The molecule has 2 rings (SSSR count). The molecule has 1 N–H and O–H groups in total. The van der Waals surface area contributed by atoms with E-state index in [1.807, 2.05) is 0 Å². The summed E-state index contributed by atoms with van der Waals surface area (Å²) in [5.74, 6) is -2.45. The van der Waals surface area contributed by atoms with Crippen molar-refractivity contribution in [1.29, 1.82) is 0 Å². The van der Waals surface area contributed by atoms with Gasteiger partial charge in [0.25, 0.3) is 5.91 Å². The molecule has 0 saturated carbocycles. The standard InChI is InChI=1S/C14H11F2NO2/c1-17(10-3-5-11(18)6-4-10)14(19)9-2-7-12(15)13(16)8-9/h2-8,18H,1H3. The van der Waals surface area contributed by atoms with Crippen LogP contribution in [-0.4, -0.2) is 18.1 Å². The molecule has 19 heavy (non-hydrogen) atoms. The fourth-order valence-corrected chi connectivity index (χ4v) is 1.62. The largest absolute Gasteiger partial charge is 0.508 e. The molecule has 0 aliphatic heterocycles. The quantitative estimate of drug-likeness (QED) is 0.905. The zero-order valence-corrected chi connectivity index (χ0v) is 10.1. The van der Waals surface area contributed by atoms with Crippen molar-refractivity contribution in [3.63, 3.8) is 0 Å². The summed E-state index contributed by atoms with van der Waals surface area (Å²) in [4.78, 5) is 13.4. The molecule has 0 bridgehead atoms. The van der Waals surface area contributed by atoms with Crippen LogP contribution < -0.4 is 4.90 Å². The minimum Gasteiger partial charge on any atom is -0.508 e. The molecule has 0 fully saturated rings. The van der Waals surface area contributed by atoms with Crippen LogP contribution in [0.4, 0.5) is 14.5 Å². The zero-order chi connectivity index (χ0) is 14.0. The topological polar surface area (TPSA) is 40.5 Å². The molecule has 0 aromatic heterocycles. The number of carbonyl (C=O) groups excluding carboxylic acids is 1. The summed E-state index contributed by atoms with van der Waals surface area (Å²) in [5, 5.41) is 9.17. The zero-order valence-electron chi connectivity index (χ0n) is 10.1. The van der Waals surface area contributed by atoms with Gasteiger partial charge in [-0.15, -0.1) is 0 Å². The number of hydrogen-bond acceptors (Lipinski definition) is 2. The molecule has 0 unspecified atom stereocenters. The lowest BCUT2D eigenvalue weighted by Gasteiger charge is -2.17. The van der Waals surface area contributed by atoms with Crippen molar-refractivity contribution in [3.8, 4) is 5.75 Å². The lowest BCUT2D eigenvalue weighted by molar-refractivity contribution is 0.0992. The van der Waals surface area contributed by atoms with Crippen molar-refractivity contribution in [1.82, 2.24) is 0 Å². The van der Waals surface area contributed by atoms with E-state index in [1.54, 1.807) is 12.1 Å². The third-order valence-corrected chi connectivity index (χ3v) is 2.71. The van der Waals surface area contributed by atoms with Gasteiger partial charge in [-0.1, -0.05) is 0 Å². The fourth-order valence-electron chi connectivity index (χ4n) is 1.62. The van der Waals surface area contributed by atoms with Crippen LogP contribution in [0, 0.1) is 11.6 Å². The number of halogens is 2. The number of phenolic OH excluding ortho intramolecular Hbond substituents is 1. The minimum atomic E-state index is -1.06. The number of phenols is 1. The van der Waals surface area contributed by atoms with Crippen LogP contribution in [0.2, 0.25) is 0 Å². The van der Waals surface area contributed by atoms with Crippen molar-refractivity contribution in [3.05, 3.63) is 59.7 Å². The summed E-state index contributed by atoms with van der Waals surface area (Å²) in [6.45, 7) is 0. The Balaban J connectivity index is 2.28. The van der Waals surface area contributed by atoms with E-state index in [0.29, 0.717) is 5.69 Å². The molecular formula is C14H11F2NO2. The third-order valence-electron chi connectivity index (χ3n) is 2.71. The first-order valence-electron chi connectivity index (χ1n) is 5.51. The van der Waals surface area contributed by atoms with Crippen LogP contribution in [-0.2, 0) is 0 Å². The van der Waals surface area contributed by atoms with E-state index in [0.717, 1.165) is 12.1 Å². The van der Waals surface area contributed by atoms with Crippen molar-refractivity contribution in [2.45, 2.75) is 0 Å². The Morgan fingerprint density at radius 3 is 2.26 bits per heavy atom. The lowest BCUT2D eigenvalue weighted by atomic mass is 10.1.